The van der Waals surface area contributed by atoms with Crippen LogP contribution in [-0.2, 0) is 4.79 Å². The van der Waals surface area contributed by atoms with Gasteiger partial charge in [-0.05, 0) is 24.2 Å². The first-order chi connectivity index (χ1) is 5.41. The molecule has 0 unspecified atom stereocenters. The van der Waals surface area contributed by atoms with E-state index in [1.54, 1.807) is 0 Å². The average molecular weight is 170 g/mol. The Balaban J connectivity index is 2.57. The van der Waals surface area contributed by atoms with Gasteiger partial charge in [0.2, 0.25) is 0 Å². The highest BCUT2D eigenvalue weighted by Crippen LogP contribution is 2.36. The zero-order valence-electron chi connectivity index (χ0n) is 8.13. The molecule has 0 radical (unpaired) electrons. The molecule has 70 valence electrons. The van der Waals surface area contributed by atoms with Crippen molar-refractivity contribution < 1.29 is 9.90 Å². The van der Waals surface area contributed by atoms with Crippen LogP contribution in [0.2, 0.25) is 0 Å². The molecule has 1 saturated carbocycles. The van der Waals surface area contributed by atoms with Gasteiger partial charge in [0.25, 0.3) is 0 Å². The number of hydrogen-bond acceptors (Lipinski definition) is 2. The van der Waals surface area contributed by atoms with Crippen molar-refractivity contribution in [2.45, 2.75) is 46.1 Å². The zero-order valence-corrected chi connectivity index (χ0v) is 8.13. The highest BCUT2D eigenvalue weighted by Gasteiger charge is 2.33. The van der Waals surface area contributed by atoms with E-state index in [-0.39, 0.29) is 11.2 Å². The Bertz CT molecular complexity index is 179. The van der Waals surface area contributed by atoms with E-state index in [4.69, 9.17) is 0 Å². The Morgan fingerprint density at radius 1 is 1.33 bits per heavy atom. The molecule has 1 N–H and O–H groups in total. The molecule has 0 spiro atoms. The van der Waals surface area contributed by atoms with Crippen molar-refractivity contribution in [2.75, 3.05) is 0 Å². The van der Waals surface area contributed by atoms with Crippen LogP contribution in [0, 0.1) is 11.3 Å². The molecule has 2 heteroatoms. The van der Waals surface area contributed by atoms with Crippen LogP contribution in [0.1, 0.15) is 40.0 Å². The molecule has 2 nitrogen and oxygen atoms in total. The molecule has 0 bridgehead atoms. The summed E-state index contributed by atoms with van der Waals surface area (Å²) in [6.07, 6.45) is 1.52. The molecule has 0 aliphatic heterocycles. The lowest BCUT2D eigenvalue weighted by atomic mass is 9.71. The number of aliphatic hydroxyl groups excluding tert-OH is 1. The van der Waals surface area contributed by atoms with Crippen molar-refractivity contribution in [3.63, 3.8) is 0 Å². The van der Waals surface area contributed by atoms with Crippen molar-refractivity contribution in [2.24, 2.45) is 11.3 Å². The number of carbonyl (C=O) groups excluding carboxylic acids is 1. The molecule has 2 atom stereocenters. The van der Waals surface area contributed by atoms with E-state index >= 15 is 0 Å². The minimum Gasteiger partial charge on any atom is -0.385 e. The van der Waals surface area contributed by atoms with Crippen LogP contribution < -0.4 is 0 Å². The van der Waals surface area contributed by atoms with Crippen molar-refractivity contribution in [1.82, 2.24) is 0 Å². The van der Waals surface area contributed by atoms with Crippen LogP contribution in [0.4, 0.5) is 0 Å². The first-order valence-electron chi connectivity index (χ1n) is 4.62. The van der Waals surface area contributed by atoms with E-state index in [9.17, 15) is 9.90 Å². The molecule has 0 amide bonds. The number of carbonyl (C=O) groups is 1. The van der Waals surface area contributed by atoms with Crippen LogP contribution in [0.5, 0.6) is 0 Å². The van der Waals surface area contributed by atoms with Gasteiger partial charge in [0.1, 0.15) is 6.10 Å². The van der Waals surface area contributed by atoms with Crippen LogP contribution in [0.15, 0.2) is 0 Å². The van der Waals surface area contributed by atoms with Crippen LogP contribution >= 0.6 is 0 Å². The van der Waals surface area contributed by atoms with Gasteiger partial charge in [-0.2, -0.15) is 0 Å². The number of hydrogen-bond donors (Lipinski definition) is 1. The van der Waals surface area contributed by atoms with Crippen molar-refractivity contribution in [3.8, 4) is 0 Å². The molecular weight excluding hydrogens is 152 g/mol. The Morgan fingerprint density at radius 3 is 2.33 bits per heavy atom. The van der Waals surface area contributed by atoms with Gasteiger partial charge in [-0.1, -0.05) is 20.8 Å². The van der Waals surface area contributed by atoms with E-state index in [1.807, 2.05) is 0 Å². The first-order valence-corrected chi connectivity index (χ1v) is 4.62. The predicted molar refractivity (Wildman–Crippen MR) is 47.8 cm³/mol. The third-order valence-corrected chi connectivity index (χ3v) is 2.83. The molecular formula is C10H18O2. The third-order valence-electron chi connectivity index (χ3n) is 2.83. The van der Waals surface area contributed by atoms with Gasteiger partial charge in [-0.3, -0.25) is 4.79 Å². The third kappa shape index (κ3) is 2.07. The summed E-state index contributed by atoms with van der Waals surface area (Å²) in [4.78, 5) is 11.2. The summed E-state index contributed by atoms with van der Waals surface area (Å²) in [6, 6.07) is 0. The highest BCUT2D eigenvalue weighted by molar-refractivity contribution is 5.83. The largest absolute Gasteiger partial charge is 0.385 e. The minimum absolute atomic E-state index is 0.0289. The van der Waals surface area contributed by atoms with Crippen molar-refractivity contribution in [3.05, 3.63) is 0 Å². The summed E-state index contributed by atoms with van der Waals surface area (Å²) in [5.41, 5.74) is 0.204. The quantitative estimate of drug-likeness (QED) is 0.601. The molecule has 1 aliphatic carbocycles. The molecule has 0 heterocycles. The topological polar surface area (TPSA) is 37.3 Å². The Hall–Kier alpha value is -0.370. The minimum atomic E-state index is -0.677. The molecule has 1 rings (SSSR count). The van der Waals surface area contributed by atoms with E-state index in [1.165, 1.54) is 0 Å². The van der Waals surface area contributed by atoms with Crippen LogP contribution in [0.25, 0.3) is 0 Å². The average Bonchev–Trinajstić information content (AvgIpc) is 1.92. The molecule has 0 aromatic heterocycles. The lowest BCUT2D eigenvalue weighted by molar-refractivity contribution is -0.132. The summed E-state index contributed by atoms with van der Waals surface area (Å²) in [5, 5.41) is 9.21. The lowest BCUT2D eigenvalue weighted by Gasteiger charge is -2.34. The summed E-state index contributed by atoms with van der Waals surface area (Å²) >= 11 is 0. The van der Waals surface area contributed by atoms with Gasteiger partial charge in [0.15, 0.2) is 5.78 Å². The highest BCUT2D eigenvalue weighted by atomic mass is 16.3. The molecule has 1 aliphatic rings. The second-order valence-electron chi connectivity index (χ2n) is 4.83. The summed E-state index contributed by atoms with van der Waals surface area (Å²) < 4.78 is 0. The Kier molecular flexibility index (Phi) is 2.57. The maximum atomic E-state index is 11.2. The van der Waals surface area contributed by atoms with E-state index in [0.29, 0.717) is 18.8 Å². The predicted octanol–water partition coefficient (Wildman–Crippen LogP) is 1.76. The molecule has 0 aromatic carbocycles. The Labute approximate surface area is 74.0 Å². The van der Waals surface area contributed by atoms with Gasteiger partial charge >= 0.3 is 0 Å². The van der Waals surface area contributed by atoms with Crippen molar-refractivity contribution in [1.29, 1.82) is 0 Å². The van der Waals surface area contributed by atoms with Crippen LogP contribution in [-0.4, -0.2) is 17.0 Å². The fourth-order valence-corrected chi connectivity index (χ4v) is 1.74. The second-order valence-corrected chi connectivity index (χ2v) is 4.83. The van der Waals surface area contributed by atoms with E-state index in [2.05, 4.69) is 20.8 Å². The molecule has 0 aromatic rings. The number of ketones is 1. The van der Waals surface area contributed by atoms with Crippen LogP contribution in [0.3, 0.4) is 0 Å². The smallest absolute Gasteiger partial charge is 0.161 e. The van der Waals surface area contributed by atoms with E-state index in [0.717, 1.165) is 6.42 Å². The summed E-state index contributed by atoms with van der Waals surface area (Å²) in [6.45, 7) is 6.47. The monoisotopic (exact) mass is 170 g/mol. The SMILES string of the molecule is CC(C)(C)[C@@H]1CC[C@@H](O)C(=O)C1. The maximum Gasteiger partial charge on any atom is 0.161 e. The second kappa shape index (κ2) is 3.17. The van der Waals surface area contributed by atoms with Gasteiger partial charge in [-0.25, -0.2) is 0 Å². The number of Topliss-reactive ketones (excluding diaryl/α,β-unsaturated/α-hetero) is 1. The zero-order chi connectivity index (χ0) is 9.35. The summed E-state index contributed by atoms with van der Waals surface area (Å²) in [7, 11) is 0. The molecule has 12 heavy (non-hydrogen) atoms. The number of aliphatic hydroxyl groups is 1. The van der Waals surface area contributed by atoms with Crippen molar-refractivity contribution >= 4 is 5.78 Å². The number of rotatable bonds is 0. The lowest BCUT2D eigenvalue weighted by Crippen LogP contribution is -2.34. The maximum absolute atomic E-state index is 11.2. The van der Waals surface area contributed by atoms with Gasteiger partial charge in [0.05, 0.1) is 0 Å². The fraction of sp³-hybridized carbons (Fsp3) is 0.900. The first kappa shape index (κ1) is 9.72. The summed E-state index contributed by atoms with van der Waals surface area (Å²) in [5.74, 6) is 0.481. The normalized spacial score (nSPS) is 32.2. The standard InChI is InChI=1S/C10H18O2/c1-10(2,3)7-4-5-8(11)9(12)6-7/h7-8,11H,4-6H2,1-3H3/t7-,8-/m1/s1. The molecule has 0 saturated heterocycles. The Morgan fingerprint density at radius 2 is 1.92 bits per heavy atom. The van der Waals surface area contributed by atoms with Gasteiger partial charge in [-0.15, -0.1) is 0 Å². The molecule has 1 fully saturated rings. The van der Waals surface area contributed by atoms with E-state index < -0.39 is 6.10 Å². The van der Waals surface area contributed by atoms with Gasteiger partial charge in [0, 0.05) is 6.42 Å². The fourth-order valence-electron chi connectivity index (χ4n) is 1.74. The van der Waals surface area contributed by atoms with Gasteiger partial charge < -0.3 is 5.11 Å².